The lowest BCUT2D eigenvalue weighted by molar-refractivity contribution is 1.26. The Morgan fingerprint density at radius 3 is 0.524 bits per heavy atom. The highest BCUT2D eigenvalue weighted by Gasteiger charge is 2.15. The summed E-state index contributed by atoms with van der Waals surface area (Å²) >= 11 is 0. The second kappa shape index (κ2) is 24.5. The van der Waals surface area contributed by atoms with Gasteiger partial charge in [-0.15, -0.1) is 0 Å². The molecule has 0 bridgehead atoms. The van der Waals surface area contributed by atoms with Gasteiger partial charge in [-0.05, 0) is 72.8 Å². The van der Waals surface area contributed by atoms with E-state index in [0.717, 1.165) is 34.1 Å². The van der Waals surface area contributed by atoms with Gasteiger partial charge < -0.3 is 9.80 Å². The minimum Gasteiger partial charge on any atom is -0.311 e. The first-order chi connectivity index (χ1) is 20.9. The fraction of sp³-hybridized carbons (Fsp3) is 0.250. The largest absolute Gasteiger partial charge is 0.311 e. The van der Waals surface area contributed by atoms with Gasteiger partial charge in [0.1, 0.15) is 0 Å². The molecule has 0 heterocycles. The standard InChI is InChI=1S/C30H24N2.5C2H6/c1-5-13-25(14-6-1)31(26-15-7-2-8-16-26)29-21-23-30(24-22-29)32(27-17-9-3-10-18-27)28-19-11-4-12-20-28;5*1-2/h1-24H;5*1-2H3. The molecule has 5 aromatic rings. The third-order valence-corrected chi connectivity index (χ3v) is 5.42. The van der Waals surface area contributed by atoms with Crippen molar-refractivity contribution < 1.29 is 0 Å². The van der Waals surface area contributed by atoms with Gasteiger partial charge in [0.25, 0.3) is 0 Å². The molecule has 0 aromatic heterocycles. The maximum atomic E-state index is 2.28. The lowest BCUT2D eigenvalue weighted by atomic mass is 10.1. The number of hydrogen-bond acceptors (Lipinski definition) is 2. The molecule has 0 aliphatic heterocycles. The summed E-state index contributed by atoms with van der Waals surface area (Å²) in [5.41, 5.74) is 6.77. The summed E-state index contributed by atoms with van der Waals surface area (Å²) in [7, 11) is 0. The molecule has 224 valence electrons. The van der Waals surface area contributed by atoms with Gasteiger partial charge in [0.15, 0.2) is 0 Å². The Bertz CT molecular complexity index is 1060. The highest BCUT2D eigenvalue weighted by Crippen LogP contribution is 2.38. The number of benzene rings is 5. The van der Waals surface area contributed by atoms with Crippen LogP contribution in [0.2, 0.25) is 0 Å². The zero-order valence-electron chi connectivity index (χ0n) is 27.8. The Hall–Kier alpha value is -4.30. The second-order valence-corrected chi connectivity index (χ2v) is 7.53. The van der Waals surface area contributed by atoms with Crippen LogP contribution in [0.5, 0.6) is 0 Å². The average Bonchev–Trinajstić information content (AvgIpc) is 3.12. The van der Waals surface area contributed by atoms with Crippen LogP contribution in [0.1, 0.15) is 69.2 Å². The van der Waals surface area contributed by atoms with Crippen LogP contribution >= 0.6 is 0 Å². The van der Waals surface area contributed by atoms with Crippen molar-refractivity contribution in [2.45, 2.75) is 69.2 Å². The normalized spacial score (nSPS) is 8.71. The zero-order chi connectivity index (χ0) is 31.6. The Balaban J connectivity index is 0.00000153. The SMILES string of the molecule is CC.CC.CC.CC.CC.c1ccc(N(c2ccccc2)c2ccc(N(c3ccccc3)c3ccccc3)cc2)cc1. The summed E-state index contributed by atoms with van der Waals surface area (Å²) < 4.78 is 0. The molecule has 0 unspecified atom stereocenters. The van der Waals surface area contributed by atoms with Crippen molar-refractivity contribution in [2.24, 2.45) is 0 Å². The lowest BCUT2D eigenvalue weighted by Crippen LogP contribution is -2.12. The van der Waals surface area contributed by atoms with E-state index in [9.17, 15) is 0 Å². The van der Waals surface area contributed by atoms with Gasteiger partial charge >= 0.3 is 0 Å². The van der Waals surface area contributed by atoms with Crippen LogP contribution in [-0.2, 0) is 0 Å². The van der Waals surface area contributed by atoms with Crippen molar-refractivity contribution >= 4 is 34.1 Å². The van der Waals surface area contributed by atoms with Crippen LogP contribution in [0.3, 0.4) is 0 Å². The molecule has 0 N–H and O–H groups in total. The molecule has 0 radical (unpaired) electrons. The van der Waals surface area contributed by atoms with Crippen molar-refractivity contribution in [3.63, 3.8) is 0 Å². The number of nitrogens with zero attached hydrogens (tertiary/aromatic N) is 2. The molecule has 0 saturated carbocycles. The predicted molar refractivity (Wildman–Crippen MR) is 193 cm³/mol. The minimum absolute atomic E-state index is 1.12. The van der Waals surface area contributed by atoms with E-state index in [0.29, 0.717) is 0 Å². The molecule has 0 spiro atoms. The first-order valence-electron chi connectivity index (χ1n) is 15.8. The lowest BCUT2D eigenvalue weighted by Gasteiger charge is -2.28. The van der Waals surface area contributed by atoms with Gasteiger partial charge in [-0.3, -0.25) is 0 Å². The molecule has 2 nitrogen and oxygen atoms in total. The Morgan fingerprint density at radius 1 is 0.214 bits per heavy atom. The maximum absolute atomic E-state index is 2.28. The summed E-state index contributed by atoms with van der Waals surface area (Å²) in [6.45, 7) is 20.0. The Morgan fingerprint density at radius 2 is 0.357 bits per heavy atom. The maximum Gasteiger partial charge on any atom is 0.0463 e. The summed E-state index contributed by atoms with van der Waals surface area (Å²) in [6.07, 6.45) is 0. The summed E-state index contributed by atoms with van der Waals surface area (Å²) in [6, 6.07) is 50.7. The quantitative estimate of drug-likeness (QED) is 0.203. The van der Waals surface area contributed by atoms with Crippen LogP contribution in [0.4, 0.5) is 34.1 Å². The molecule has 0 saturated heterocycles. The molecule has 0 aliphatic carbocycles. The van der Waals surface area contributed by atoms with Gasteiger partial charge in [0.2, 0.25) is 0 Å². The number of para-hydroxylation sites is 4. The van der Waals surface area contributed by atoms with E-state index < -0.39 is 0 Å². The number of rotatable bonds is 6. The molecule has 0 fully saturated rings. The second-order valence-electron chi connectivity index (χ2n) is 7.53. The predicted octanol–water partition coefficient (Wildman–Crippen LogP) is 13.8. The summed E-state index contributed by atoms with van der Waals surface area (Å²) in [4.78, 5) is 4.55. The summed E-state index contributed by atoms with van der Waals surface area (Å²) in [5, 5.41) is 0. The molecule has 0 aliphatic rings. The molecule has 5 rings (SSSR count). The molecule has 0 amide bonds. The molecule has 2 heteroatoms. The van der Waals surface area contributed by atoms with E-state index in [1.165, 1.54) is 0 Å². The number of anilines is 6. The van der Waals surface area contributed by atoms with Crippen LogP contribution in [-0.4, -0.2) is 0 Å². The monoisotopic (exact) mass is 562 g/mol. The van der Waals surface area contributed by atoms with E-state index in [1.807, 2.05) is 93.5 Å². The van der Waals surface area contributed by atoms with E-state index in [-0.39, 0.29) is 0 Å². The topological polar surface area (TPSA) is 6.48 Å². The van der Waals surface area contributed by atoms with E-state index >= 15 is 0 Å². The fourth-order valence-corrected chi connectivity index (χ4v) is 3.95. The third-order valence-electron chi connectivity index (χ3n) is 5.42. The zero-order valence-corrected chi connectivity index (χ0v) is 27.8. The third kappa shape index (κ3) is 11.3. The molecular formula is C40H54N2. The highest BCUT2D eigenvalue weighted by molar-refractivity contribution is 5.80. The van der Waals surface area contributed by atoms with Crippen molar-refractivity contribution in [2.75, 3.05) is 9.80 Å². The Labute approximate surface area is 258 Å². The van der Waals surface area contributed by atoms with E-state index in [1.54, 1.807) is 0 Å². The molecule has 42 heavy (non-hydrogen) atoms. The Kier molecular flexibility index (Phi) is 22.0. The van der Waals surface area contributed by atoms with Crippen LogP contribution < -0.4 is 9.80 Å². The van der Waals surface area contributed by atoms with Gasteiger partial charge in [-0.25, -0.2) is 0 Å². The van der Waals surface area contributed by atoms with Crippen molar-refractivity contribution in [3.8, 4) is 0 Å². The van der Waals surface area contributed by atoms with Crippen molar-refractivity contribution in [3.05, 3.63) is 146 Å². The van der Waals surface area contributed by atoms with Crippen molar-refractivity contribution in [1.29, 1.82) is 0 Å². The fourth-order valence-electron chi connectivity index (χ4n) is 3.95. The molecular weight excluding hydrogens is 508 g/mol. The van der Waals surface area contributed by atoms with Gasteiger partial charge in [0, 0.05) is 34.1 Å². The van der Waals surface area contributed by atoms with Gasteiger partial charge in [-0.2, -0.15) is 0 Å². The average molecular weight is 563 g/mol. The highest BCUT2D eigenvalue weighted by atomic mass is 15.2. The van der Waals surface area contributed by atoms with Gasteiger partial charge in [-0.1, -0.05) is 142 Å². The van der Waals surface area contributed by atoms with Crippen LogP contribution in [0, 0.1) is 0 Å². The minimum atomic E-state index is 1.12. The first-order valence-corrected chi connectivity index (χ1v) is 15.8. The van der Waals surface area contributed by atoms with Crippen molar-refractivity contribution in [1.82, 2.24) is 0 Å². The van der Waals surface area contributed by atoms with E-state index in [2.05, 4.69) is 131 Å². The first kappa shape index (κ1) is 37.7. The summed E-state index contributed by atoms with van der Waals surface area (Å²) in [5.74, 6) is 0. The van der Waals surface area contributed by atoms with Gasteiger partial charge in [0.05, 0.1) is 0 Å². The molecule has 0 atom stereocenters. The van der Waals surface area contributed by atoms with Crippen LogP contribution in [0.25, 0.3) is 0 Å². The van der Waals surface area contributed by atoms with E-state index in [4.69, 9.17) is 0 Å². The van der Waals surface area contributed by atoms with Crippen LogP contribution in [0.15, 0.2) is 146 Å². The molecule has 5 aromatic carbocycles. The smallest absolute Gasteiger partial charge is 0.0463 e. The number of hydrogen-bond donors (Lipinski definition) is 0.